The Labute approximate surface area is 108 Å². The third-order valence-corrected chi connectivity index (χ3v) is 3.11. The second-order valence-electron chi connectivity index (χ2n) is 4.16. The molecule has 2 aromatic rings. The average Bonchev–Trinajstić information content (AvgIpc) is 2.29. The number of halogens is 1. The van der Waals surface area contributed by atoms with Crippen molar-refractivity contribution in [2.75, 3.05) is 0 Å². The molecule has 4 heteroatoms. The Hall–Kier alpha value is -1.42. The molecule has 3 nitrogen and oxygen atoms in total. The molecule has 0 fully saturated rings. The molecule has 0 amide bonds. The van der Waals surface area contributed by atoms with Crippen molar-refractivity contribution in [1.29, 1.82) is 0 Å². The minimum Gasteiger partial charge on any atom is -0.313 e. The maximum Gasteiger partial charge on any atom is 0.254 e. The van der Waals surface area contributed by atoms with E-state index in [-0.39, 0.29) is 11.5 Å². The summed E-state index contributed by atoms with van der Waals surface area (Å²) in [5.41, 5.74) is 2.39. The zero-order chi connectivity index (χ0) is 12.4. The van der Waals surface area contributed by atoms with Gasteiger partial charge < -0.3 is 4.98 Å². The Balaban J connectivity index is 2.63. The van der Waals surface area contributed by atoms with Crippen LogP contribution in [0.4, 0.5) is 0 Å². The smallest absolute Gasteiger partial charge is 0.254 e. The van der Waals surface area contributed by atoms with Gasteiger partial charge in [-0.2, -0.15) is 0 Å². The zero-order valence-corrected chi connectivity index (χ0v) is 11.3. The monoisotopic (exact) mass is 292 g/mol. The fraction of sp³-hybridized carbons (Fsp3) is 0.231. The van der Waals surface area contributed by atoms with Gasteiger partial charge in [-0.25, -0.2) is 4.98 Å². The first kappa shape index (κ1) is 12.0. The molecule has 0 saturated heterocycles. The molecule has 1 aromatic carbocycles. The van der Waals surface area contributed by atoms with Gasteiger partial charge in [0.05, 0.1) is 12.0 Å². The molecular weight excluding hydrogens is 280 g/mol. The van der Waals surface area contributed by atoms with E-state index in [1.165, 1.54) is 6.33 Å². The zero-order valence-electron chi connectivity index (χ0n) is 9.70. The lowest BCUT2D eigenvalue weighted by Gasteiger charge is -2.10. The van der Waals surface area contributed by atoms with Crippen LogP contribution in [0.15, 0.2) is 39.9 Å². The number of aromatic amines is 1. The first-order chi connectivity index (χ1) is 8.09. The summed E-state index contributed by atoms with van der Waals surface area (Å²) >= 11 is 3.39. The van der Waals surface area contributed by atoms with Crippen LogP contribution in [-0.4, -0.2) is 9.97 Å². The second-order valence-corrected chi connectivity index (χ2v) is 5.07. The van der Waals surface area contributed by atoms with Crippen LogP contribution in [0.3, 0.4) is 0 Å². The van der Waals surface area contributed by atoms with Crippen LogP contribution in [-0.2, 0) is 0 Å². The summed E-state index contributed by atoms with van der Waals surface area (Å²) in [6.07, 6.45) is 1.45. The highest BCUT2D eigenvalue weighted by Crippen LogP contribution is 2.25. The predicted molar refractivity (Wildman–Crippen MR) is 72.1 cm³/mol. The van der Waals surface area contributed by atoms with Crippen molar-refractivity contribution in [3.05, 3.63) is 51.0 Å². The lowest BCUT2D eigenvalue weighted by atomic mass is 9.98. The first-order valence-corrected chi connectivity index (χ1v) is 6.22. The minimum absolute atomic E-state index is 0.0621. The van der Waals surface area contributed by atoms with Crippen molar-refractivity contribution in [2.24, 2.45) is 0 Å². The van der Waals surface area contributed by atoms with Crippen LogP contribution in [0, 0.1) is 0 Å². The molecular formula is C13H13BrN2O. The fourth-order valence-electron chi connectivity index (χ4n) is 1.78. The molecule has 0 unspecified atom stereocenters. The summed E-state index contributed by atoms with van der Waals surface area (Å²) in [5, 5.41) is 0. The molecule has 17 heavy (non-hydrogen) atoms. The number of hydrogen-bond acceptors (Lipinski definition) is 2. The van der Waals surface area contributed by atoms with E-state index in [0.717, 1.165) is 21.3 Å². The van der Waals surface area contributed by atoms with Crippen molar-refractivity contribution in [3.8, 4) is 11.3 Å². The number of nitrogens with one attached hydrogen (secondary N) is 1. The molecule has 0 saturated carbocycles. The highest BCUT2D eigenvalue weighted by Gasteiger charge is 2.13. The van der Waals surface area contributed by atoms with Crippen LogP contribution in [0.25, 0.3) is 11.3 Å². The van der Waals surface area contributed by atoms with Gasteiger partial charge in [0.15, 0.2) is 0 Å². The Morgan fingerprint density at radius 2 is 1.88 bits per heavy atom. The second kappa shape index (κ2) is 4.84. The summed E-state index contributed by atoms with van der Waals surface area (Å²) in [7, 11) is 0. The number of aromatic nitrogens is 2. The van der Waals surface area contributed by atoms with Gasteiger partial charge in [0.25, 0.3) is 5.56 Å². The topological polar surface area (TPSA) is 45.8 Å². The quantitative estimate of drug-likeness (QED) is 0.923. The van der Waals surface area contributed by atoms with Crippen LogP contribution >= 0.6 is 15.9 Å². The number of nitrogens with zero attached hydrogens (tertiary/aromatic N) is 1. The van der Waals surface area contributed by atoms with Gasteiger partial charge in [-0.15, -0.1) is 0 Å². The maximum absolute atomic E-state index is 11.8. The molecule has 0 aliphatic rings. The molecule has 1 heterocycles. The van der Waals surface area contributed by atoms with Crippen LogP contribution in [0.2, 0.25) is 0 Å². The van der Waals surface area contributed by atoms with Gasteiger partial charge in [0.1, 0.15) is 0 Å². The summed E-state index contributed by atoms with van der Waals surface area (Å²) < 4.78 is 1.01. The van der Waals surface area contributed by atoms with Crippen LogP contribution in [0.5, 0.6) is 0 Å². The standard InChI is InChI=1S/C13H13BrN2O/c1-8(2)11-12(15-7-16-13(11)17)9-3-5-10(14)6-4-9/h3-8H,1-2H3,(H,15,16,17). The minimum atomic E-state index is -0.0621. The Kier molecular flexibility index (Phi) is 3.43. The molecule has 0 aliphatic heterocycles. The van der Waals surface area contributed by atoms with E-state index in [2.05, 4.69) is 25.9 Å². The van der Waals surface area contributed by atoms with E-state index >= 15 is 0 Å². The van der Waals surface area contributed by atoms with Gasteiger partial charge in [-0.1, -0.05) is 41.9 Å². The highest BCUT2D eigenvalue weighted by atomic mass is 79.9. The molecule has 88 valence electrons. The summed E-state index contributed by atoms with van der Waals surface area (Å²) in [6.45, 7) is 3.99. The van der Waals surface area contributed by atoms with Crippen molar-refractivity contribution >= 4 is 15.9 Å². The Bertz CT molecular complexity index is 573. The molecule has 0 aliphatic carbocycles. The largest absolute Gasteiger partial charge is 0.313 e. The Morgan fingerprint density at radius 3 is 2.47 bits per heavy atom. The molecule has 0 spiro atoms. The third kappa shape index (κ3) is 2.47. The van der Waals surface area contributed by atoms with Crippen molar-refractivity contribution < 1.29 is 0 Å². The number of hydrogen-bond donors (Lipinski definition) is 1. The number of benzene rings is 1. The highest BCUT2D eigenvalue weighted by molar-refractivity contribution is 9.10. The van der Waals surface area contributed by atoms with Gasteiger partial charge >= 0.3 is 0 Å². The van der Waals surface area contributed by atoms with E-state index in [1.807, 2.05) is 38.1 Å². The van der Waals surface area contributed by atoms with Gasteiger partial charge in [-0.3, -0.25) is 4.79 Å². The number of H-pyrrole nitrogens is 1. The molecule has 1 N–H and O–H groups in total. The van der Waals surface area contributed by atoms with E-state index < -0.39 is 0 Å². The molecule has 0 bridgehead atoms. The van der Waals surface area contributed by atoms with Crippen LogP contribution in [0.1, 0.15) is 25.3 Å². The van der Waals surface area contributed by atoms with Gasteiger partial charge in [0, 0.05) is 15.6 Å². The van der Waals surface area contributed by atoms with Gasteiger partial charge in [0.2, 0.25) is 0 Å². The Morgan fingerprint density at radius 1 is 1.24 bits per heavy atom. The maximum atomic E-state index is 11.8. The van der Waals surface area contributed by atoms with Gasteiger partial charge in [-0.05, 0) is 18.1 Å². The molecule has 0 radical (unpaired) electrons. The van der Waals surface area contributed by atoms with Crippen molar-refractivity contribution in [2.45, 2.75) is 19.8 Å². The SMILES string of the molecule is CC(C)c1c(-c2ccc(Br)cc2)nc[nH]c1=O. The molecule has 0 atom stereocenters. The van der Waals surface area contributed by atoms with E-state index in [4.69, 9.17) is 0 Å². The predicted octanol–water partition coefficient (Wildman–Crippen LogP) is 3.32. The average molecular weight is 293 g/mol. The van der Waals surface area contributed by atoms with E-state index in [0.29, 0.717) is 0 Å². The van der Waals surface area contributed by atoms with E-state index in [1.54, 1.807) is 0 Å². The first-order valence-electron chi connectivity index (χ1n) is 5.43. The fourth-order valence-corrected chi connectivity index (χ4v) is 2.05. The molecule has 1 aromatic heterocycles. The summed E-state index contributed by atoms with van der Waals surface area (Å²) in [5.74, 6) is 0.145. The van der Waals surface area contributed by atoms with E-state index in [9.17, 15) is 4.79 Å². The lowest BCUT2D eigenvalue weighted by Crippen LogP contribution is -2.16. The van der Waals surface area contributed by atoms with Crippen molar-refractivity contribution in [3.63, 3.8) is 0 Å². The number of rotatable bonds is 2. The van der Waals surface area contributed by atoms with Crippen molar-refractivity contribution in [1.82, 2.24) is 9.97 Å². The normalized spacial score (nSPS) is 10.8. The third-order valence-electron chi connectivity index (χ3n) is 2.58. The summed E-state index contributed by atoms with van der Waals surface area (Å²) in [4.78, 5) is 18.7. The van der Waals surface area contributed by atoms with Crippen LogP contribution < -0.4 is 5.56 Å². The summed E-state index contributed by atoms with van der Waals surface area (Å²) in [6, 6.07) is 7.81. The molecule has 2 rings (SSSR count). The lowest BCUT2D eigenvalue weighted by molar-refractivity contribution is 0.833.